The standard InChI is InChI=1S/C22H26N2O4/c1-3-6-17-9-11-18(12-10-17)19(25)13-14-21(26)23-24-22(27)15-28-20-8-5-4-7-16(20)2/h4-5,7-12H,3,6,13-15H2,1-2H3,(H,23,26)(H,24,27). The molecular weight excluding hydrogens is 356 g/mol. The summed E-state index contributed by atoms with van der Waals surface area (Å²) in [5, 5.41) is 0. The highest BCUT2D eigenvalue weighted by Gasteiger charge is 2.11. The first-order chi connectivity index (χ1) is 13.5. The van der Waals surface area contributed by atoms with Crippen molar-refractivity contribution in [3.63, 3.8) is 0 Å². The molecule has 0 aliphatic heterocycles. The number of carbonyl (C=O) groups excluding carboxylic acids is 3. The SMILES string of the molecule is CCCc1ccc(C(=O)CCC(=O)NNC(=O)COc2ccccc2C)cc1. The summed E-state index contributed by atoms with van der Waals surface area (Å²) in [7, 11) is 0. The number of ether oxygens (including phenoxy) is 1. The fourth-order valence-electron chi connectivity index (χ4n) is 2.62. The van der Waals surface area contributed by atoms with E-state index >= 15 is 0 Å². The topological polar surface area (TPSA) is 84.5 Å². The summed E-state index contributed by atoms with van der Waals surface area (Å²) in [4.78, 5) is 35.8. The predicted molar refractivity (Wildman–Crippen MR) is 107 cm³/mol. The molecule has 0 saturated heterocycles. The second-order valence-electron chi connectivity index (χ2n) is 6.52. The zero-order valence-electron chi connectivity index (χ0n) is 16.3. The Morgan fingerprint density at radius 2 is 1.57 bits per heavy atom. The molecule has 2 aromatic carbocycles. The zero-order valence-corrected chi connectivity index (χ0v) is 16.3. The van der Waals surface area contributed by atoms with E-state index in [1.807, 2.05) is 37.3 Å². The van der Waals surface area contributed by atoms with Crippen LogP contribution in [0, 0.1) is 6.92 Å². The highest BCUT2D eigenvalue weighted by Crippen LogP contribution is 2.15. The number of benzene rings is 2. The van der Waals surface area contributed by atoms with Gasteiger partial charge in [0.05, 0.1) is 0 Å². The lowest BCUT2D eigenvalue weighted by atomic mass is 10.0. The third-order valence-electron chi connectivity index (χ3n) is 4.19. The molecule has 0 spiro atoms. The Balaban J connectivity index is 1.68. The van der Waals surface area contributed by atoms with Crippen molar-refractivity contribution < 1.29 is 19.1 Å². The first kappa shape index (κ1) is 21.2. The molecule has 0 heterocycles. The molecule has 0 fully saturated rings. The van der Waals surface area contributed by atoms with Gasteiger partial charge in [-0.25, -0.2) is 0 Å². The van der Waals surface area contributed by atoms with Gasteiger partial charge < -0.3 is 4.74 Å². The van der Waals surface area contributed by atoms with Crippen molar-refractivity contribution in [3.8, 4) is 5.75 Å². The minimum absolute atomic E-state index is 0.00548. The van der Waals surface area contributed by atoms with E-state index in [0.717, 1.165) is 18.4 Å². The van der Waals surface area contributed by atoms with Crippen LogP contribution in [0.1, 0.15) is 47.7 Å². The first-order valence-electron chi connectivity index (χ1n) is 9.38. The van der Waals surface area contributed by atoms with Crippen LogP contribution in [0.2, 0.25) is 0 Å². The van der Waals surface area contributed by atoms with E-state index in [4.69, 9.17) is 4.74 Å². The van der Waals surface area contributed by atoms with E-state index in [0.29, 0.717) is 11.3 Å². The van der Waals surface area contributed by atoms with E-state index in [-0.39, 0.29) is 25.2 Å². The molecule has 0 atom stereocenters. The number of rotatable bonds is 9. The zero-order chi connectivity index (χ0) is 20.4. The van der Waals surface area contributed by atoms with Crippen molar-refractivity contribution in [1.82, 2.24) is 10.9 Å². The summed E-state index contributed by atoms with van der Waals surface area (Å²) in [6.07, 6.45) is 2.10. The van der Waals surface area contributed by atoms with Crippen LogP contribution in [0.4, 0.5) is 0 Å². The van der Waals surface area contributed by atoms with Crippen LogP contribution < -0.4 is 15.6 Å². The molecule has 28 heavy (non-hydrogen) atoms. The van der Waals surface area contributed by atoms with Crippen LogP contribution in [-0.2, 0) is 16.0 Å². The Labute approximate surface area is 165 Å². The molecule has 2 amide bonds. The lowest BCUT2D eigenvalue weighted by Gasteiger charge is -2.10. The highest BCUT2D eigenvalue weighted by molar-refractivity contribution is 5.98. The predicted octanol–water partition coefficient (Wildman–Crippen LogP) is 3.14. The molecule has 0 aliphatic carbocycles. The molecule has 2 aromatic rings. The fourth-order valence-corrected chi connectivity index (χ4v) is 2.62. The van der Waals surface area contributed by atoms with Gasteiger partial charge in [0.1, 0.15) is 5.75 Å². The normalized spacial score (nSPS) is 10.2. The van der Waals surface area contributed by atoms with Crippen LogP contribution in [0.3, 0.4) is 0 Å². The monoisotopic (exact) mass is 382 g/mol. The maximum absolute atomic E-state index is 12.2. The third kappa shape index (κ3) is 6.87. The van der Waals surface area contributed by atoms with Gasteiger partial charge in [0.2, 0.25) is 5.91 Å². The van der Waals surface area contributed by atoms with Gasteiger partial charge >= 0.3 is 0 Å². The molecule has 6 nitrogen and oxygen atoms in total. The number of hydrazine groups is 1. The van der Waals surface area contributed by atoms with E-state index in [1.54, 1.807) is 18.2 Å². The maximum Gasteiger partial charge on any atom is 0.276 e. The van der Waals surface area contributed by atoms with Crippen LogP contribution in [0.15, 0.2) is 48.5 Å². The number of hydrogen-bond donors (Lipinski definition) is 2. The molecule has 2 N–H and O–H groups in total. The van der Waals surface area contributed by atoms with Crippen molar-refractivity contribution in [1.29, 1.82) is 0 Å². The van der Waals surface area contributed by atoms with E-state index in [2.05, 4.69) is 17.8 Å². The number of carbonyl (C=O) groups is 3. The number of para-hydroxylation sites is 1. The summed E-state index contributed by atoms with van der Waals surface area (Å²) in [5.41, 5.74) is 7.27. The van der Waals surface area contributed by atoms with E-state index in [9.17, 15) is 14.4 Å². The quantitative estimate of drug-likeness (QED) is 0.515. The number of nitrogens with one attached hydrogen (secondary N) is 2. The van der Waals surface area contributed by atoms with Crippen LogP contribution in [0.5, 0.6) is 5.75 Å². The lowest BCUT2D eigenvalue weighted by molar-refractivity contribution is -0.130. The van der Waals surface area contributed by atoms with Crippen molar-refractivity contribution in [2.45, 2.75) is 39.5 Å². The Morgan fingerprint density at radius 3 is 2.25 bits per heavy atom. The molecule has 0 bridgehead atoms. The smallest absolute Gasteiger partial charge is 0.276 e. The molecule has 148 valence electrons. The number of hydrogen-bond acceptors (Lipinski definition) is 4. The summed E-state index contributed by atoms with van der Waals surface area (Å²) in [6.45, 7) is 3.77. The number of amides is 2. The van der Waals surface area contributed by atoms with Gasteiger partial charge in [-0.05, 0) is 30.5 Å². The summed E-state index contributed by atoms with van der Waals surface area (Å²) < 4.78 is 5.40. The number of ketones is 1. The largest absolute Gasteiger partial charge is 0.483 e. The molecule has 6 heteroatoms. The Bertz CT molecular complexity index is 816. The fraction of sp³-hybridized carbons (Fsp3) is 0.318. The van der Waals surface area contributed by atoms with Gasteiger partial charge in [-0.15, -0.1) is 0 Å². The van der Waals surface area contributed by atoms with Crippen LogP contribution >= 0.6 is 0 Å². The van der Waals surface area contributed by atoms with Gasteiger partial charge in [0, 0.05) is 18.4 Å². The van der Waals surface area contributed by atoms with Crippen LogP contribution in [0.25, 0.3) is 0 Å². The lowest BCUT2D eigenvalue weighted by Crippen LogP contribution is -2.43. The minimum atomic E-state index is -0.477. The molecule has 0 aliphatic rings. The maximum atomic E-state index is 12.2. The summed E-state index contributed by atoms with van der Waals surface area (Å²) >= 11 is 0. The molecule has 0 aromatic heterocycles. The second kappa shape index (κ2) is 10.9. The molecule has 2 rings (SSSR count). The summed E-state index contributed by atoms with van der Waals surface area (Å²) in [5.74, 6) is -0.401. The Morgan fingerprint density at radius 1 is 0.893 bits per heavy atom. The molecule has 0 unspecified atom stereocenters. The van der Waals surface area contributed by atoms with Crippen molar-refractivity contribution >= 4 is 17.6 Å². The molecule has 0 saturated carbocycles. The average molecular weight is 382 g/mol. The number of Topliss-reactive ketones (excluding diaryl/α,β-unsaturated/α-hetero) is 1. The Hall–Kier alpha value is -3.15. The van der Waals surface area contributed by atoms with Gasteiger partial charge in [-0.2, -0.15) is 0 Å². The van der Waals surface area contributed by atoms with Crippen molar-refractivity contribution in [2.75, 3.05) is 6.61 Å². The van der Waals surface area contributed by atoms with Gasteiger partial charge in [0.25, 0.3) is 5.91 Å². The first-order valence-corrected chi connectivity index (χ1v) is 9.38. The molecule has 0 radical (unpaired) electrons. The van der Waals surface area contributed by atoms with E-state index < -0.39 is 11.8 Å². The van der Waals surface area contributed by atoms with Crippen molar-refractivity contribution in [2.24, 2.45) is 0 Å². The summed E-state index contributed by atoms with van der Waals surface area (Å²) in [6, 6.07) is 14.8. The minimum Gasteiger partial charge on any atom is -0.483 e. The van der Waals surface area contributed by atoms with Gasteiger partial charge in [-0.3, -0.25) is 25.2 Å². The van der Waals surface area contributed by atoms with Crippen LogP contribution in [-0.4, -0.2) is 24.2 Å². The average Bonchev–Trinajstić information content (AvgIpc) is 2.70. The van der Waals surface area contributed by atoms with E-state index in [1.165, 1.54) is 5.56 Å². The third-order valence-corrected chi connectivity index (χ3v) is 4.19. The van der Waals surface area contributed by atoms with Crippen molar-refractivity contribution in [3.05, 3.63) is 65.2 Å². The van der Waals surface area contributed by atoms with Gasteiger partial charge in [-0.1, -0.05) is 55.8 Å². The van der Waals surface area contributed by atoms with Gasteiger partial charge in [0.15, 0.2) is 12.4 Å². The second-order valence-corrected chi connectivity index (χ2v) is 6.52. The molecular formula is C22H26N2O4. The Kier molecular flexibility index (Phi) is 8.21. The highest BCUT2D eigenvalue weighted by atomic mass is 16.5. The number of aryl methyl sites for hydroxylation is 2.